The molecule has 1 amide bonds. The number of amides is 1. The Labute approximate surface area is 201 Å². The maximum Gasteiger partial charge on any atom is 0.249 e. The average molecular weight is 474 g/mol. The Morgan fingerprint density at radius 1 is 1.03 bits per heavy atom. The number of fused-ring (bicyclic) bond motifs is 3. The first-order valence-electron chi connectivity index (χ1n) is 10.3. The number of ether oxygens (including phenoxy) is 1. The van der Waals surface area contributed by atoms with E-state index in [4.69, 9.17) is 33.7 Å². The maximum atomic E-state index is 12.2. The van der Waals surface area contributed by atoms with Gasteiger partial charge in [-0.1, -0.05) is 47.5 Å². The van der Waals surface area contributed by atoms with Crippen LogP contribution in [0.15, 0.2) is 72.8 Å². The molecule has 1 heterocycles. The summed E-state index contributed by atoms with van der Waals surface area (Å²) in [6.45, 7) is 0.574. The third-order valence-corrected chi connectivity index (χ3v) is 6.32. The lowest BCUT2D eigenvalue weighted by atomic mass is 10.0. The number of aromatic nitrogens is 1. The smallest absolute Gasteiger partial charge is 0.249 e. The summed E-state index contributed by atoms with van der Waals surface area (Å²) in [4.78, 5) is 12.2. The zero-order chi connectivity index (χ0) is 23.1. The van der Waals surface area contributed by atoms with Gasteiger partial charge in [-0.25, -0.2) is 0 Å². The van der Waals surface area contributed by atoms with Crippen LogP contribution >= 0.6 is 23.2 Å². The first-order chi connectivity index (χ1) is 16.0. The van der Waals surface area contributed by atoms with Crippen LogP contribution in [0.5, 0.6) is 5.75 Å². The summed E-state index contributed by atoms with van der Waals surface area (Å²) in [5.41, 5.74) is 10.8. The number of primary amides is 1. The normalized spacial score (nSPS) is 11.2. The second kappa shape index (κ2) is 8.47. The molecule has 163 valence electrons. The number of methoxy groups -OCH3 is 1. The SMILES string of the molecule is COc1cccc(Cn2c3cc(-c4ccc(Cl)cc4Cl)c[c]c3c3c(C(N)=O)cccc32)c1. The second-order valence-electron chi connectivity index (χ2n) is 7.77. The molecule has 0 bridgehead atoms. The molecule has 0 saturated heterocycles. The highest BCUT2D eigenvalue weighted by molar-refractivity contribution is 6.36. The molecule has 2 N–H and O–H groups in total. The minimum Gasteiger partial charge on any atom is -0.497 e. The molecule has 4 aromatic carbocycles. The fourth-order valence-electron chi connectivity index (χ4n) is 4.26. The van der Waals surface area contributed by atoms with Crippen LogP contribution in [0.3, 0.4) is 0 Å². The number of halogens is 2. The van der Waals surface area contributed by atoms with Crippen molar-refractivity contribution in [1.82, 2.24) is 4.57 Å². The van der Waals surface area contributed by atoms with Gasteiger partial charge in [-0.2, -0.15) is 0 Å². The molecule has 5 rings (SSSR count). The van der Waals surface area contributed by atoms with Crippen molar-refractivity contribution in [2.24, 2.45) is 5.73 Å². The standard InChI is InChI=1S/C27H19Cl2N2O2/c1-33-19-5-2-4-16(12-19)15-31-24-7-3-6-22(27(30)32)26(24)21-10-8-17(13-25(21)31)20-11-9-18(28)14-23(20)29/h2-9,11-14H,15H2,1H3,(H2,30,32). The second-order valence-corrected chi connectivity index (χ2v) is 8.62. The van der Waals surface area contributed by atoms with Crippen molar-refractivity contribution in [2.45, 2.75) is 6.54 Å². The van der Waals surface area contributed by atoms with E-state index in [1.54, 1.807) is 19.2 Å². The molecule has 5 aromatic rings. The van der Waals surface area contributed by atoms with Crippen molar-refractivity contribution >= 4 is 50.9 Å². The van der Waals surface area contributed by atoms with Crippen molar-refractivity contribution in [3.05, 3.63) is 100 Å². The summed E-state index contributed by atoms with van der Waals surface area (Å²) >= 11 is 12.6. The highest BCUT2D eigenvalue weighted by Crippen LogP contribution is 2.37. The predicted octanol–water partition coefficient (Wildman–Crippen LogP) is 6.72. The summed E-state index contributed by atoms with van der Waals surface area (Å²) in [5.74, 6) is 0.311. The average Bonchev–Trinajstić information content (AvgIpc) is 3.12. The zero-order valence-corrected chi connectivity index (χ0v) is 19.2. The predicted molar refractivity (Wildman–Crippen MR) is 134 cm³/mol. The van der Waals surface area contributed by atoms with Crippen LogP contribution in [0, 0.1) is 6.07 Å². The van der Waals surface area contributed by atoms with E-state index in [0.29, 0.717) is 22.2 Å². The molecule has 0 aliphatic heterocycles. The summed E-state index contributed by atoms with van der Waals surface area (Å²) in [6.07, 6.45) is 0. The quantitative estimate of drug-likeness (QED) is 0.307. The van der Waals surface area contributed by atoms with Gasteiger partial charge in [0, 0.05) is 38.5 Å². The molecule has 0 atom stereocenters. The minimum atomic E-state index is -0.473. The van der Waals surface area contributed by atoms with Gasteiger partial charge in [0.25, 0.3) is 0 Å². The largest absolute Gasteiger partial charge is 0.497 e. The molecule has 0 saturated carbocycles. The lowest BCUT2D eigenvalue weighted by molar-refractivity contribution is 0.100. The zero-order valence-electron chi connectivity index (χ0n) is 17.7. The molecule has 0 spiro atoms. The molecule has 6 heteroatoms. The first kappa shape index (κ1) is 21.4. The van der Waals surface area contributed by atoms with Crippen molar-refractivity contribution in [2.75, 3.05) is 7.11 Å². The third-order valence-electron chi connectivity index (χ3n) is 5.78. The first-order valence-corrected chi connectivity index (χ1v) is 11.1. The number of hydrogen-bond acceptors (Lipinski definition) is 2. The molecule has 33 heavy (non-hydrogen) atoms. The number of rotatable bonds is 5. The van der Waals surface area contributed by atoms with Crippen LogP contribution in [0.25, 0.3) is 32.9 Å². The van der Waals surface area contributed by atoms with Crippen LogP contribution in [0.2, 0.25) is 10.0 Å². The number of nitrogens with two attached hydrogens (primary N) is 1. The van der Waals surface area contributed by atoms with Gasteiger partial charge in [0.2, 0.25) is 5.91 Å². The Hall–Kier alpha value is -3.47. The number of carbonyl (C=O) groups is 1. The van der Waals surface area contributed by atoms with Crippen LogP contribution in [-0.4, -0.2) is 17.6 Å². The van der Waals surface area contributed by atoms with Crippen molar-refractivity contribution in [3.8, 4) is 16.9 Å². The summed E-state index contributed by atoms with van der Waals surface area (Å²) in [7, 11) is 1.65. The fourth-order valence-corrected chi connectivity index (χ4v) is 4.78. The summed E-state index contributed by atoms with van der Waals surface area (Å²) in [5, 5.41) is 2.75. The maximum absolute atomic E-state index is 12.2. The van der Waals surface area contributed by atoms with Crippen LogP contribution < -0.4 is 10.5 Å². The van der Waals surface area contributed by atoms with E-state index in [1.807, 2.05) is 54.6 Å². The van der Waals surface area contributed by atoms with Crippen molar-refractivity contribution in [1.29, 1.82) is 0 Å². The van der Waals surface area contributed by atoms with Gasteiger partial charge in [0.15, 0.2) is 0 Å². The monoisotopic (exact) mass is 473 g/mol. The fraction of sp³-hybridized carbons (Fsp3) is 0.0741. The molecular weight excluding hydrogens is 455 g/mol. The minimum absolute atomic E-state index is 0.468. The van der Waals surface area contributed by atoms with Gasteiger partial charge in [0.1, 0.15) is 5.75 Å². The van der Waals surface area contributed by atoms with E-state index in [2.05, 4.69) is 16.7 Å². The van der Waals surface area contributed by atoms with Gasteiger partial charge in [-0.15, -0.1) is 0 Å². The summed E-state index contributed by atoms with van der Waals surface area (Å²) < 4.78 is 7.56. The highest BCUT2D eigenvalue weighted by atomic mass is 35.5. The van der Waals surface area contributed by atoms with Gasteiger partial charge >= 0.3 is 0 Å². The number of carbonyl (C=O) groups excluding carboxylic acids is 1. The molecule has 4 nitrogen and oxygen atoms in total. The lowest BCUT2D eigenvalue weighted by Gasteiger charge is -2.11. The Morgan fingerprint density at radius 2 is 1.85 bits per heavy atom. The summed E-state index contributed by atoms with van der Waals surface area (Å²) in [6, 6.07) is 26.2. The Bertz CT molecular complexity index is 1540. The van der Waals surface area contributed by atoms with E-state index in [0.717, 1.165) is 44.2 Å². The van der Waals surface area contributed by atoms with Crippen LogP contribution in [0.1, 0.15) is 15.9 Å². The van der Waals surface area contributed by atoms with E-state index < -0.39 is 5.91 Å². The number of hydrogen-bond donors (Lipinski definition) is 1. The van der Waals surface area contributed by atoms with Crippen molar-refractivity contribution < 1.29 is 9.53 Å². The van der Waals surface area contributed by atoms with Gasteiger partial charge in [0.05, 0.1) is 18.1 Å². The van der Waals surface area contributed by atoms with Gasteiger partial charge in [-0.05, 0) is 65.7 Å². The van der Waals surface area contributed by atoms with Crippen molar-refractivity contribution in [3.63, 3.8) is 0 Å². The van der Waals surface area contributed by atoms with Gasteiger partial charge in [-0.3, -0.25) is 4.79 Å². The molecule has 0 fully saturated rings. The Morgan fingerprint density at radius 3 is 2.61 bits per heavy atom. The molecule has 0 unspecified atom stereocenters. The van der Waals surface area contributed by atoms with E-state index in [-0.39, 0.29) is 0 Å². The molecular formula is C27H19Cl2N2O2. The molecule has 0 aliphatic rings. The lowest BCUT2D eigenvalue weighted by Crippen LogP contribution is -2.11. The van der Waals surface area contributed by atoms with E-state index in [1.165, 1.54) is 0 Å². The topological polar surface area (TPSA) is 57.2 Å². The van der Waals surface area contributed by atoms with Crippen LogP contribution in [-0.2, 0) is 6.54 Å². The number of nitrogens with zero attached hydrogens (tertiary/aromatic N) is 1. The van der Waals surface area contributed by atoms with Crippen LogP contribution in [0.4, 0.5) is 0 Å². The Kier molecular flexibility index (Phi) is 5.49. The van der Waals surface area contributed by atoms with E-state index >= 15 is 0 Å². The number of benzene rings is 4. The molecule has 1 radical (unpaired) electrons. The van der Waals surface area contributed by atoms with Gasteiger partial charge < -0.3 is 15.0 Å². The highest BCUT2D eigenvalue weighted by Gasteiger charge is 2.18. The third kappa shape index (κ3) is 3.82. The Balaban J connectivity index is 1.79. The molecule has 0 aliphatic carbocycles. The molecule has 1 aromatic heterocycles. The van der Waals surface area contributed by atoms with E-state index in [9.17, 15) is 4.79 Å².